The van der Waals surface area contributed by atoms with Gasteiger partial charge in [-0.15, -0.1) is 0 Å². The molecule has 0 bridgehead atoms. The van der Waals surface area contributed by atoms with Gasteiger partial charge in [0.2, 0.25) is 0 Å². The second-order valence-corrected chi connectivity index (χ2v) is 8.42. The first-order valence-corrected chi connectivity index (χ1v) is 11.2. The van der Waals surface area contributed by atoms with Gasteiger partial charge in [0.25, 0.3) is 11.5 Å². The molecule has 2 aromatic carbocycles. The van der Waals surface area contributed by atoms with Gasteiger partial charge in [0.05, 0.1) is 28.6 Å². The third-order valence-electron chi connectivity index (χ3n) is 5.98. The van der Waals surface area contributed by atoms with Gasteiger partial charge in [-0.2, -0.15) is 13.2 Å². The molecule has 186 valence electrons. The van der Waals surface area contributed by atoms with Crippen molar-refractivity contribution in [3.63, 3.8) is 0 Å². The Bertz CT molecular complexity index is 1700. The predicted molar refractivity (Wildman–Crippen MR) is 130 cm³/mol. The zero-order chi connectivity index (χ0) is 26.3. The second kappa shape index (κ2) is 9.12. The number of aromatic nitrogens is 3. The van der Waals surface area contributed by atoms with Crippen LogP contribution >= 0.6 is 0 Å². The van der Waals surface area contributed by atoms with Crippen LogP contribution in [0.15, 0.2) is 83.9 Å². The average molecular weight is 506 g/mol. The molecule has 1 N–H and O–H groups in total. The molecular weight excluding hydrogens is 488 g/mol. The van der Waals surface area contributed by atoms with Gasteiger partial charge in [0, 0.05) is 28.6 Å². The van der Waals surface area contributed by atoms with Crippen LogP contribution in [0.2, 0.25) is 0 Å². The smallest absolute Gasteiger partial charge is 0.344 e. The number of pyridine rings is 3. The Morgan fingerprint density at radius 1 is 0.946 bits per heavy atom. The van der Waals surface area contributed by atoms with Crippen molar-refractivity contribution in [2.45, 2.75) is 19.1 Å². The molecule has 10 heteroatoms. The molecule has 37 heavy (non-hydrogen) atoms. The van der Waals surface area contributed by atoms with Gasteiger partial charge in [-0.25, -0.2) is 9.37 Å². The van der Waals surface area contributed by atoms with E-state index in [4.69, 9.17) is 0 Å². The summed E-state index contributed by atoms with van der Waals surface area (Å²) in [5.41, 5.74) is -0.451. The molecule has 0 spiro atoms. The Labute approximate surface area is 207 Å². The Kier molecular flexibility index (Phi) is 5.94. The molecule has 0 fully saturated rings. The van der Waals surface area contributed by atoms with E-state index in [2.05, 4.69) is 15.3 Å². The summed E-state index contributed by atoms with van der Waals surface area (Å²) in [6.45, 7) is 1.77. The van der Waals surface area contributed by atoms with Crippen LogP contribution < -0.4 is 10.9 Å². The van der Waals surface area contributed by atoms with Crippen molar-refractivity contribution in [2.75, 3.05) is 0 Å². The highest BCUT2D eigenvalue weighted by molar-refractivity contribution is 6.07. The van der Waals surface area contributed by atoms with Crippen LogP contribution in [0.5, 0.6) is 0 Å². The minimum Gasteiger partial charge on any atom is -0.344 e. The number of halogens is 4. The maximum atomic E-state index is 14.2. The van der Waals surface area contributed by atoms with Crippen LogP contribution in [0.1, 0.15) is 34.6 Å². The average Bonchev–Trinajstić information content (AvgIpc) is 2.88. The standard InChI is InChI=1S/C27H18F4N4O2/c1-15(23-4-2-3-11-32-23)34-25(36)16-12-22-21-13-18(28)7-10-20(21)26(37)35(24(22)33-14-16)19-8-5-17(6-9-19)27(29,30)31/h2-15H,1H3,(H,34,36)/t15-/m0/s1. The number of benzene rings is 2. The molecule has 1 atom stereocenters. The largest absolute Gasteiger partial charge is 0.416 e. The topological polar surface area (TPSA) is 76.9 Å². The van der Waals surface area contributed by atoms with E-state index in [0.29, 0.717) is 5.69 Å². The summed E-state index contributed by atoms with van der Waals surface area (Å²) < 4.78 is 54.5. The predicted octanol–water partition coefficient (Wildman–Crippen LogP) is 5.58. The van der Waals surface area contributed by atoms with Crippen LogP contribution in [-0.4, -0.2) is 20.4 Å². The minimum absolute atomic E-state index is 0.0668. The SMILES string of the molecule is C[C@H](NC(=O)c1cnc2c(c1)c1cc(F)ccc1c(=O)n2-c1ccc(C(F)(F)F)cc1)c1ccccn1. The zero-order valence-corrected chi connectivity index (χ0v) is 19.3. The quantitative estimate of drug-likeness (QED) is 0.255. The Hall–Kier alpha value is -4.60. The van der Waals surface area contributed by atoms with Crippen LogP contribution in [-0.2, 0) is 6.18 Å². The lowest BCUT2D eigenvalue weighted by molar-refractivity contribution is -0.137. The monoisotopic (exact) mass is 506 g/mol. The number of alkyl halides is 3. The highest BCUT2D eigenvalue weighted by Gasteiger charge is 2.30. The van der Waals surface area contributed by atoms with Gasteiger partial charge in [-0.3, -0.25) is 19.1 Å². The molecule has 5 aromatic rings. The van der Waals surface area contributed by atoms with Gasteiger partial charge in [-0.1, -0.05) is 6.07 Å². The molecule has 0 saturated heterocycles. The fourth-order valence-corrected chi connectivity index (χ4v) is 4.13. The molecule has 0 aliphatic rings. The fourth-order valence-electron chi connectivity index (χ4n) is 4.13. The van der Waals surface area contributed by atoms with Crippen molar-refractivity contribution in [1.29, 1.82) is 0 Å². The van der Waals surface area contributed by atoms with E-state index in [-0.39, 0.29) is 33.1 Å². The van der Waals surface area contributed by atoms with Crippen LogP contribution in [0, 0.1) is 5.82 Å². The fraction of sp³-hybridized carbons (Fsp3) is 0.111. The molecule has 5 rings (SSSR count). The Balaban J connectivity index is 1.66. The number of rotatable bonds is 4. The van der Waals surface area contributed by atoms with Crippen LogP contribution in [0.3, 0.4) is 0 Å². The third-order valence-corrected chi connectivity index (χ3v) is 5.98. The van der Waals surface area contributed by atoms with E-state index in [1.54, 1.807) is 31.3 Å². The number of hydrogen-bond donors (Lipinski definition) is 1. The van der Waals surface area contributed by atoms with E-state index < -0.39 is 35.1 Å². The number of nitrogens with zero attached hydrogens (tertiary/aromatic N) is 3. The summed E-state index contributed by atoms with van der Waals surface area (Å²) in [4.78, 5) is 34.9. The van der Waals surface area contributed by atoms with E-state index in [1.165, 1.54) is 18.3 Å². The van der Waals surface area contributed by atoms with Crippen molar-refractivity contribution >= 4 is 27.7 Å². The van der Waals surface area contributed by atoms with Crippen molar-refractivity contribution in [3.05, 3.63) is 112 Å². The van der Waals surface area contributed by atoms with Gasteiger partial charge in [-0.05, 0) is 67.6 Å². The molecule has 6 nitrogen and oxygen atoms in total. The number of hydrogen-bond acceptors (Lipinski definition) is 4. The molecule has 0 saturated carbocycles. The first-order valence-electron chi connectivity index (χ1n) is 11.2. The summed E-state index contributed by atoms with van der Waals surface area (Å²) >= 11 is 0. The number of carbonyl (C=O) groups excluding carboxylic acids is 1. The summed E-state index contributed by atoms with van der Waals surface area (Å²) in [6, 6.07) is 14.0. The van der Waals surface area contributed by atoms with Crippen molar-refractivity contribution in [2.24, 2.45) is 0 Å². The maximum absolute atomic E-state index is 14.2. The molecule has 3 heterocycles. The third kappa shape index (κ3) is 4.53. The van der Waals surface area contributed by atoms with Crippen LogP contribution in [0.25, 0.3) is 27.5 Å². The summed E-state index contributed by atoms with van der Waals surface area (Å²) in [6.07, 6.45) is -1.68. The molecule has 0 unspecified atom stereocenters. The molecule has 0 radical (unpaired) electrons. The summed E-state index contributed by atoms with van der Waals surface area (Å²) in [5.74, 6) is -1.07. The summed E-state index contributed by atoms with van der Waals surface area (Å²) in [5, 5.41) is 3.45. The molecular formula is C27H18F4N4O2. The Morgan fingerprint density at radius 3 is 2.38 bits per heavy atom. The first kappa shape index (κ1) is 24.1. The van der Waals surface area contributed by atoms with Crippen molar-refractivity contribution < 1.29 is 22.4 Å². The van der Waals surface area contributed by atoms with Gasteiger partial charge < -0.3 is 5.32 Å². The lowest BCUT2D eigenvalue weighted by Gasteiger charge is -2.16. The highest BCUT2D eigenvalue weighted by atomic mass is 19.4. The van der Waals surface area contributed by atoms with Crippen molar-refractivity contribution in [1.82, 2.24) is 19.9 Å². The van der Waals surface area contributed by atoms with E-state index in [1.807, 2.05) is 0 Å². The molecule has 0 aliphatic heterocycles. The number of nitrogens with one attached hydrogen (secondary N) is 1. The van der Waals surface area contributed by atoms with Gasteiger partial charge >= 0.3 is 6.18 Å². The van der Waals surface area contributed by atoms with E-state index >= 15 is 0 Å². The normalized spacial score (nSPS) is 12.6. The van der Waals surface area contributed by atoms with Gasteiger partial charge in [0.15, 0.2) is 0 Å². The summed E-state index contributed by atoms with van der Waals surface area (Å²) in [7, 11) is 0. The number of amides is 1. The lowest BCUT2D eigenvalue weighted by atomic mass is 10.1. The molecule has 1 amide bonds. The van der Waals surface area contributed by atoms with E-state index in [0.717, 1.165) is 41.0 Å². The Morgan fingerprint density at radius 2 is 1.70 bits per heavy atom. The zero-order valence-electron chi connectivity index (χ0n) is 19.3. The van der Waals surface area contributed by atoms with Crippen LogP contribution in [0.4, 0.5) is 17.6 Å². The first-order chi connectivity index (χ1) is 17.6. The van der Waals surface area contributed by atoms with Gasteiger partial charge in [0.1, 0.15) is 11.5 Å². The minimum atomic E-state index is -4.54. The highest BCUT2D eigenvalue weighted by Crippen LogP contribution is 2.31. The number of fused-ring (bicyclic) bond motifs is 3. The van der Waals surface area contributed by atoms with Crippen molar-refractivity contribution in [3.8, 4) is 5.69 Å². The number of carbonyl (C=O) groups is 1. The second-order valence-electron chi connectivity index (χ2n) is 8.42. The lowest BCUT2D eigenvalue weighted by Crippen LogP contribution is -2.27. The molecule has 3 aromatic heterocycles. The maximum Gasteiger partial charge on any atom is 0.416 e. The van der Waals surface area contributed by atoms with E-state index in [9.17, 15) is 27.2 Å². The molecule has 0 aliphatic carbocycles.